The van der Waals surface area contributed by atoms with Crippen LogP contribution in [0.5, 0.6) is 0 Å². The highest BCUT2D eigenvalue weighted by Gasteiger charge is 2.26. The number of hydrogen-bond donors (Lipinski definition) is 2. The smallest absolute Gasteiger partial charge is 0.337 e. The Balaban J connectivity index is 1.70. The summed E-state index contributed by atoms with van der Waals surface area (Å²) in [5.74, 6) is -1.03. The quantitative estimate of drug-likeness (QED) is 0.829. The Labute approximate surface area is 148 Å². The van der Waals surface area contributed by atoms with Crippen molar-refractivity contribution in [1.82, 2.24) is 4.90 Å². The van der Waals surface area contributed by atoms with E-state index in [1.54, 1.807) is 12.1 Å². The molecule has 2 N–H and O–H groups in total. The maximum atomic E-state index is 12.1. The summed E-state index contributed by atoms with van der Waals surface area (Å²) in [5.41, 5.74) is 1.48. The fourth-order valence-electron chi connectivity index (χ4n) is 3.47. The van der Waals surface area contributed by atoms with E-state index in [0.29, 0.717) is 5.69 Å². The van der Waals surface area contributed by atoms with Crippen molar-refractivity contribution in [3.63, 3.8) is 0 Å². The van der Waals surface area contributed by atoms with Crippen LogP contribution in [-0.4, -0.2) is 54.6 Å². The van der Waals surface area contributed by atoms with Crippen molar-refractivity contribution in [3.8, 4) is 0 Å². The fourth-order valence-corrected chi connectivity index (χ4v) is 3.47. The van der Waals surface area contributed by atoms with E-state index in [9.17, 15) is 14.7 Å². The number of nitrogens with zero attached hydrogens (tertiary/aromatic N) is 2. The van der Waals surface area contributed by atoms with Crippen molar-refractivity contribution in [1.29, 1.82) is 0 Å². The summed E-state index contributed by atoms with van der Waals surface area (Å²) >= 11 is 0. The topological polar surface area (TPSA) is 72.9 Å². The molecular formula is C19H27N3O3. The number of carbonyl (C=O) groups is 2. The van der Waals surface area contributed by atoms with Gasteiger partial charge in [-0.3, -0.25) is 9.69 Å². The third-order valence-corrected chi connectivity index (χ3v) is 5.24. The van der Waals surface area contributed by atoms with Crippen molar-refractivity contribution in [2.24, 2.45) is 5.92 Å². The zero-order valence-corrected chi connectivity index (χ0v) is 14.8. The Morgan fingerprint density at radius 2 is 1.92 bits per heavy atom. The monoisotopic (exact) mass is 345 g/mol. The molecule has 0 spiro atoms. The summed E-state index contributed by atoms with van der Waals surface area (Å²) in [5, 5.41) is 12.3. The predicted molar refractivity (Wildman–Crippen MR) is 98.3 cm³/mol. The molecule has 1 saturated carbocycles. The van der Waals surface area contributed by atoms with Crippen LogP contribution in [0.25, 0.3) is 0 Å². The van der Waals surface area contributed by atoms with Gasteiger partial charge in [0.15, 0.2) is 0 Å². The summed E-state index contributed by atoms with van der Waals surface area (Å²) in [4.78, 5) is 28.4. The number of aromatic carboxylic acids is 1. The minimum absolute atomic E-state index is 0.0352. The van der Waals surface area contributed by atoms with E-state index >= 15 is 0 Å². The van der Waals surface area contributed by atoms with Crippen LogP contribution in [0.2, 0.25) is 0 Å². The summed E-state index contributed by atoms with van der Waals surface area (Å²) < 4.78 is 0. The number of carboxylic acid groups (broad SMARTS) is 1. The number of nitrogens with one attached hydrogen (secondary N) is 1. The Bertz CT molecular complexity index is 635. The van der Waals surface area contributed by atoms with Gasteiger partial charge in [-0.1, -0.05) is 13.3 Å². The second kappa shape index (κ2) is 7.87. The zero-order chi connectivity index (χ0) is 17.8. The van der Waals surface area contributed by atoms with Crippen LogP contribution in [0.4, 0.5) is 11.4 Å². The van der Waals surface area contributed by atoms with E-state index in [1.165, 1.54) is 0 Å². The first kappa shape index (κ1) is 17.7. The van der Waals surface area contributed by atoms with Crippen LogP contribution in [0.15, 0.2) is 18.2 Å². The highest BCUT2D eigenvalue weighted by Crippen LogP contribution is 2.29. The third-order valence-electron chi connectivity index (χ3n) is 5.24. The average Bonchev–Trinajstić information content (AvgIpc) is 2.54. The average molecular weight is 345 g/mol. The van der Waals surface area contributed by atoms with Gasteiger partial charge in [-0.15, -0.1) is 0 Å². The van der Waals surface area contributed by atoms with Crippen molar-refractivity contribution < 1.29 is 14.7 Å². The normalized spacial score (nSPS) is 18.7. The molecule has 1 aromatic carbocycles. The van der Waals surface area contributed by atoms with Crippen LogP contribution in [-0.2, 0) is 4.79 Å². The van der Waals surface area contributed by atoms with Crippen LogP contribution in [0.1, 0.15) is 43.0 Å². The van der Waals surface area contributed by atoms with Gasteiger partial charge in [-0.25, -0.2) is 4.79 Å². The lowest BCUT2D eigenvalue weighted by Gasteiger charge is -2.36. The molecule has 0 unspecified atom stereocenters. The largest absolute Gasteiger partial charge is 0.478 e. The van der Waals surface area contributed by atoms with Gasteiger partial charge in [-0.05, 0) is 44.0 Å². The van der Waals surface area contributed by atoms with Gasteiger partial charge in [0.1, 0.15) is 0 Å². The van der Waals surface area contributed by atoms with Crippen molar-refractivity contribution in [2.75, 3.05) is 42.9 Å². The number of rotatable bonds is 6. The maximum absolute atomic E-state index is 12.1. The van der Waals surface area contributed by atoms with Gasteiger partial charge in [0.25, 0.3) is 0 Å². The third kappa shape index (κ3) is 4.12. The molecule has 0 radical (unpaired) electrons. The summed E-state index contributed by atoms with van der Waals surface area (Å²) in [7, 11) is 0. The van der Waals surface area contributed by atoms with E-state index in [-0.39, 0.29) is 17.4 Å². The molecule has 1 aliphatic heterocycles. The van der Waals surface area contributed by atoms with E-state index in [0.717, 1.165) is 64.1 Å². The lowest BCUT2D eigenvalue weighted by atomic mass is 9.85. The SMILES string of the molecule is CCCN1CCN(c2ccc(NC(=O)C3CCC3)c(C(=O)O)c2)CC1. The number of amides is 1. The van der Waals surface area contributed by atoms with Crippen LogP contribution >= 0.6 is 0 Å². The summed E-state index contributed by atoms with van der Waals surface area (Å²) in [6, 6.07) is 5.33. The molecule has 136 valence electrons. The second-order valence-electron chi connectivity index (χ2n) is 6.98. The zero-order valence-electron chi connectivity index (χ0n) is 14.8. The first-order chi connectivity index (χ1) is 12.1. The summed E-state index contributed by atoms with van der Waals surface area (Å²) in [6.07, 6.45) is 4.02. The molecule has 0 aromatic heterocycles. The molecule has 1 amide bonds. The molecule has 0 atom stereocenters. The van der Waals surface area contributed by atoms with E-state index in [2.05, 4.69) is 22.0 Å². The molecule has 1 saturated heterocycles. The standard InChI is InChI=1S/C19H27N3O3/c1-2-8-21-9-11-22(12-10-21)15-6-7-17(16(13-15)19(24)25)20-18(23)14-4-3-5-14/h6-7,13-14H,2-5,8-12H2,1H3,(H,20,23)(H,24,25). The molecular weight excluding hydrogens is 318 g/mol. The molecule has 0 bridgehead atoms. The molecule has 3 rings (SSSR count). The molecule has 2 fully saturated rings. The van der Waals surface area contributed by atoms with Gasteiger partial charge in [0.2, 0.25) is 5.91 Å². The minimum atomic E-state index is -1.00. The Kier molecular flexibility index (Phi) is 5.58. The first-order valence-electron chi connectivity index (χ1n) is 9.24. The number of benzene rings is 1. The Morgan fingerprint density at radius 1 is 1.20 bits per heavy atom. The maximum Gasteiger partial charge on any atom is 0.337 e. The Morgan fingerprint density at radius 3 is 2.48 bits per heavy atom. The number of hydrogen-bond acceptors (Lipinski definition) is 4. The molecule has 6 nitrogen and oxygen atoms in total. The summed E-state index contributed by atoms with van der Waals surface area (Å²) in [6.45, 7) is 7.08. The predicted octanol–water partition coefficient (Wildman–Crippen LogP) is 2.66. The van der Waals surface area contributed by atoms with E-state index in [4.69, 9.17) is 0 Å². The van der Waals surface area contributed by atoms with Crippen molar-refractivity contribution >= 4 is 23.3 Å². The molecule has 2 aliphatic rings. The van der Waals surface area contributed by atoms with E-state index < -0.39 is 5.97 Å². The Hall–Kier alpha value is -2.08. The molecule has 25 heavy (non-hydrogen) atoms. The number of anilines is 2. The van der Waals surface area contributed by atoms with Gasteiger partial charge >= 0.3 is 5.97 Å². The van der Waals surface area contributed by atoms with Gasteiger partial charge in [0.05, 0.1) is 11.3 Å². The highest BCUT2D eigenvalue weighted by molar-refractivity contribution is 6.02. The number of carboxylic acids is 1. The number of piperazine rings is 1. The molecule has 1 aromatic rings. The second-order valence-corrected chi connectivity index (χ2v) is 6.98. The molecule has 1 heterocycles. The lowest BCUT2D eigenvalue weighted by Crippen LogP contribution is -2.46. The van der Waals surface area contributed by atoms with Gasteiger partial charge in [0, 0.05) is 37.8 Å². The lowest BCUT2D eigenvalue weighted by molar-refractivity contribution is -0.122. The van der Waals surface area contributed by atoms with Crippen LogP contribution in [0, 0.1) is 5.92 Å². The van der Waals surface area contributed by atoms with Gasteiger partial charge < -0.3 is 15.3 Å². The van der Waals surface area contributed by atoms with Crippen LogP contribution < -0.4 is 10.2 Å². The first-order valence-corrected chi connectivity index (χ1v) is 9.24. The minimum Gasteiger partial charge on any atom is -0.478 e. The molecule has 6 heteroatoms. The van der Waals surface area contributed by atoms with Crippen molar-refractivity contribution in [3.05, 3.63) is 23.8 Å². The fraction of sp³-hybridized carbons (Fsp3) is 0.579. The molecule has 1 aliphatic carbocycles. The number of carbonyl (C=O) groups excluding carboxylic acids is 1. The van der Waals surface area contributed by atoms with Crippen LogP contribution in [0.3, 0.4) is 0 Å². The van der Waals surface area contributed by atoms with Crippen molar-refractivity contribution in [2.45, 2.75) is 32.6 Å². The van der Waals surface area contributed by atoms with Gasteiger partial charge in [-0.2, -0.15) is 0 Å². The highest BCUT2D eigenvalue weighted by atomic mass is 16.4. The van der Waals surface area contributed by atoms with E-state index in [1.807, 2.05) is 6.07 Å².